The molecular weight excluding hydrogens is 370 g/mol. The molecule has 0 bridgehead atoms. The van der Waals surface area contributed by atoms with Crippen LogP contribution in [0.5, 0.6) is 0 Å². The Kier molecular flexibility index (Phi) is 4.03. The van der Waals surface area contributed by atoms with E-state index in [9.17, 15) is 9.59 Å². The maximum absolute atomic E-state index is 13.0. The summed E-state index contributed by atoms with van der Waals surface area (Å²) in [5.74, 6) is 0.0960. The molecule has 144 valence electrons. The Morgan fingerprint density at radius 1 is 1.34 bits per heavy atom. The minimum atomic E-state index is -0.636. The van der Waals surface area contributed by atoms with Gasteiger partial charge in [-0.3, -0.25) is 19.5 Å². The fourth-order valence-corrected chi connectivity index (χ4v) is 3.83. The highest BCUT2D eigenvalue weighted by molar-refractivity contribution is 6.02. The molecule has 3 aliphatic rings. The lowest BCUT2D eigenvalue weighted by molar-refractivity contribution is -0.120. The summed E-state index contributed by atoms with van der Waals surface area (Å²) in [5, 5.41) is 10.8. The molecule has 2 aliphatic carbocycles. The zero-order chi connectivity index (χ0) is 20.0. The Morgan fingerprint density at radius 2 is 2.21 bits per heavy atom. The van der Waals surface area contributed by atoms with Gasteiger partial charge in [-0.05, 0) is 12.3 Å². The van der Waals surface area contributed by atoms with Crippen LogP contribution in [0.25, 0.3) is 0 Å². The number of amides is 2. The third-order valence-corrected chi connectivity index (χ3v) is 5.43. The first kappa shape index (κ1) is 17.4. The molecule has 3 atom stereocenters. The van der Waals surface area contributed by atoms with Crippen LogP contribution in [0, 0.1) is 12.0 Å². The number of nitrogens with zero attached hydrogens (tertiary/aromatic N) is 6. The number of aromatic nitrogens is 5. The third kappa shape index (κ3) is 3.11. The average Bonchev–Trinajstić information content (AvgIpc) is 3.41. The van der Waals surface area contributed by atoms with Gasteiger partial charge in [0, 0.05) is 31.4 Å². The predicted molar refractivity (Wildman–Crippen MR) is 103 cm³/mol. The van der Waals surface area contributed by atoms with Crippen molar-refractivity contribution in [2.75, 3.05) is 11.9 Å². The van der Waals surface area contributed by atoms with E-state index in [1.165, 1.54) is 4.90 Å². The Bertz CT molecular complexity index is 1080. The largest absolute Gasteiger partial charge is 0.338 e. The number of carbonyl (C=O) groups excluding carboxylic acids is 2. The minimum absolute atomic E-state index is 0.0162. The molecule has 1 fully saturated rings. The van der Waals surface area contributed by atoms with Gasteiger partial charge >= 0.3 is 0 Å². The van der Waals surface area contributed by atoms with Gasteiger partial charge in [0.15, 0.2) is 11.5 Å². The summed E-state index contributed by atoms with van der Waals surface area (Å²) < 4.78 is 1.59. The van der Waals surface area contributed by atoms with E-state index >= 15 is 0 Å². The maximum atomic E-state index is 13.0. The van der Waals surface area contributed by atoms with Crippen molar-refractivity contribution in [1.29, 1.82) is 0 Å². The number of rotatable bonds is 4. The summed E-state index contributed by atoms with van der Waals surface area (Å²) in [6.45, 7) is 0.497. The lowest BCUT2D eigenvalue weighted by Gasteiger charge is -2.22. The first-order chi connectivity index (χ1) is 14.1. The van der Waals surface area contributed by atoms with Crippen LogP contribution in [0.1, 0.15) is 28.5 Å². The van der Waals surface area contributed by atoms with Crippen molar-refractivity contribution >= 4 is 17.6 Å². The third-order valence-electron chi connectivity index (χ3n) is 5.43. The van der Waals surface area contributed by atoms with E-state index in [-0.39, 0.29) is 23.4 Å². The SMILES string of the molecule is CN1C(=O)[C@@H](NC(=O)c2cn(CC3=CC=[C+]C=C3)nn2)[C@H]2C[C@H]2c2nccnc21. The van der Waals surface area contributed by atoms with Crippen molar-refractivity contribution < 1.29 is 9.59 Å². The molecule has 0 spiro atoms. The number of hydrogen-bond donors (Lipinski definition) is 1. The van der Waals surface area contributed by atoms with Crippen LogP contribution in [-0.4, -0.2) is 49.9 Å². The fraction of sp³-hybridized carbons (Fsp3) is 0.300. The van der Waals surface area contributed by atoms with Gasteiger partial charge in [-0.15, -0.1) is 5.10 Å². The Labute approximate surface area is 166 Å². The van der Waals surface area contributed by atoms with E-state index in [1.807, 2.05) is 24.3 Å². The number of carbonyl (C=O) groups is 2. The molecule has 0 radical (unpaired) electrons. The average molecular weight is 388 g/mol. The molecule has 1 N–H and O–H groups in total. The summed E-state index contributed by atoms with van der Waals surface area (Å²) >= 11 is 0. The summed E-state index contributed by atoms with van der Waals surface area (Å²) in [7, 11) is 1.66. The highest BCUT2D eigenvalue weighted by Gasteiger charge is 2.53. The molecule has 0 aromatic carbocycles. The van der Waals surface area contributed by atoms with Gasteiger partial charge in [0.2, 0.25) is 0 Å². The zero-order valence-electron chi connectivity index (χ0n) is 15.7. The van der Waals surface area contributed by atoms with Gasteiger partial charge in [-0.25, -0.2) is 9.67 Å². The number of anilines is 1. The van der Waals surface area contributed by atoms with Gasteiger partial charge < -0.3 is 5.32 Å². The Morgan fingerprint density at radius 3 is 3.03 bits per heavy atom. The monoisotopic (exact) mass is 388 g/mol. The van der Waals surface area contributed by atoms with Crippen molar-refractivity contribution in [1.82, 2.24) is 30.3 Å². The molecule has 9 nitrogen and oxygen atoms in total. The van der Waals surface area contributed by atoms with Crippen molar-refractivity contribution in [3.05, 3.63) is 65.9 Å². The van der Waals surface area contributed by atoms with Crippen molar-refractivity contribution in [3.8, 4) is 0 Å². The lowest BCUT2D eigenvalue weighted by atomic mass is 10.1. The topological polar surface area (TPSA) is 106 Å². The van der Waals surface area contributed by atoms with Gasteiger partial charge in [-0.1, -0.05) is 5.21 Å². The number of allylic oxidation sites excluding steroid dienone is 6. The second-order valence-electron chi connectivity index (χ2n) is 7.33. The lowest BCUT2D eigenvalue weighted by Crippen LogP contribution is -2.48. The quantitative estimate of drug-likeness (QED) is 0.777. The van der Waals surface area contributed by atoms with Crippen LogP contribution in [-0.2, 0) is 11.3 Å². The highest BCUT2D eigenvalue weighted by atomic mass is 16.2. The number of hydrogen-bond acceptors (Lipinski definition) is 6. The van der Waals surface area contributed by atoms with E-state index < -0.39 is 11.9 Å². The molecule has 0 saturated heterocycles. The summed E-state index contributed by atoms with van der Waals surface area (Å²) in [6, 6.07) is -0.636. The highest BCUT2D eigenvalue weighted by Crippen LogP contribution is 2.53. The molecule has 29 heavy (non-hydrogen) atoms. The first-order valence-corrected chi connectivity index (χ1v) is 9.36. The summed E-state index contributed by atoms with van der Waals surface area (Å²) in [5.41, 5.74) is 2.02. The molecule has 5 rings (SSSR count). The Hall–Kier alpha value is -3.71. The van der Waals surface area contributed by atoms with Crippen molar-refractivity contribution in [3.63, 3.8) is 0 Å². The number of nitrogens with one attached hydrogen (secondary N) is 1. The van der Waals surface area contributed by atoms with E-state index in [0.29, 0.717) is 12.4 Å². The zero-order valence-corrected chi connectivity index (χ0v) is 15.7. The van der Waals surface area contributed by atoms with Crippen LogP contribution in [0.2, 0.25) is 0 Å². The number of fused-ring (bicyclic) bond motifs is 3. The van der Waals surface area contributed by atoms with Crippen LogP contribution in [0.4, 0.5) is 5.82 Å². The minimum Gasteiger partial charge on any atom is -0.338 e. The second-order valence-corrected chi connectivity index (χ2v) is 7.33. The van der Waals surface area contributed by atoms with Gasteiger partial charge in [0.1, 0.15) is 18.2 Å². The Balaban J connectivity index is 1.32. The smallest absolute Gasteiger partial charge is 0.274 e. The standard InChI is InChI=1S/C20H17N7O2/c1-26-18-16(21-7-8-22-18)13-9-14(13)17(20(26)29)23-19(28)15-11-27(25-24-15)10-12-5-3-2-4-6-12/h3-8,11,13-14,17H,9-10H2,1H3/p+1/t13-,14+,17+/m1/s1. The van der Waals surface area contributed by atoms with Gasteiger partial charge in [-0.2, -0.15) is 0 Å². The molecule has 1 saturated carbocycles. The van der Waals surface area contributed by atoms with Crippen LogP contribution in [0.15, 0.2) is 48.5 Å². The summed E-state index contributed by atoms with van der Waals surface area (Å²) in [4.78, 5) is 35.9. The summed E-state index contributed by atoms with van der Waals surface area (Å²) in [6.07, 6.45) is 16.0. The van der Waals surface area contributed by atoms with E-state index in [1.54, 1.807) is 30.3 Å². The molecule has 0 unspecified atom stereocenters. The molecule has 2 aromatic heterocycles. The molecule has 3 heterocycles. The molecule has 2 amide bonds. The van der Waals surface area contributed by atoms with E-state index in [2.05, 4.69) is 31.7 Å². The molecular formula is C20H18N7O2+. The number of likely N-dealkylation sites (N-methyl/N-ethyl adjacent to an activating group) is 1. The van der Waals surface area contributed by atoms with E-state index in [0.717, 1.165) is 17.7 Å². The van der Waals surface area contributed by atoms with Crippen LogP contribution < -0.4 is 10.2 Å². The molecule has 2 aromatic rings. The normalized spacial score (nSPS) is 24.2. The van der Waals surface area contributed by atoms with Gasteiger partial charge in [0.05, 0.1) is 36.2 Å². The van der Waals surface area contributed by atoms with E-state index in [4.69, 9.17) is 0 Å². The van der Waals surface area contributed by atoms with Gasteiger partial charge in [0.25, 0.3) is 11.8 Å². The van der Waals surface area contributed by atoms with Crippen LogP contribution in [0.3, 0.4) is 0 Å². The second kappa shape index (κ2) is 6.72. The first-order valence-electron chi connectivity index (χ1n) is 9.36. The van der Waals surface area contributed by atoms with Crippen molar-refractivity contribution in [2.45, 2.75) is 24.9 Å². The van der Waals surface area contributed by atoms with Crippen LogP contribution >= 0.6 is 0 Å². The fourth-order valence-electron chi connectivity index (χ4n) is 3.83. The maximum Gasteiger partial charge on any atom is 0.274 e. The molecule has 1 aliphatic heterocycles. The van der Waals surface area contributed by atoms with Crippen molar-refractivity contribution in [2.24, 2.45) is 5.92 Å². The predicted octanol–water partition coefficient (Wildman–Crippen LogP) is 0.802. The molecule has 9 heteroatoms.